The summed E-state index contributed by atoms with van der Waals surface area (Å²) < 4.78 is 0. The second kappa shape index (κ2) is 6.95. The average molecular weight is 397 g/mol. The van der Waals surface area contributed by atoms with Crippen LogP contribution in [0.15, 0.2) is 66.7 Å². The van der Waals surface area contributed by atoms with Crippen molar-refractivity contribution in [2.75, 3.05) is 11.4 Å². The quantitative estimate of drug-likeness (QED) is 0.664. The van der Waals surface area contributed by atoms with Crippen LogP contribution in [0.2, 0.25) is 0 Å². The molecule has 3 aromatic carbocycles. The summed E-state index contributed by atoms with van der Waals surface area (Å²) in [5, 5.41) is 9.16. The molecule has 0 fully saturated rings. The molecule has 1 aliphatic carbocycles. The highest BCUT2D eigenvalue weighted by atomic mass is 16.4. The van der Waals surface area contributed by atoms with Crippen molar-refractivity contribution in [3.63, 3.8) is 0 Å². The first-order valence-corrected chi connectivity index (χ1v) is 9.93. The van der Waals surface area contributed by atoms with Crippen LogP contribution < -0.4 is 4.90 Å². The number of nitrogens with zero attached hydrogens (tertiary/aromatic N) is 1. The lowest BCUT2D eigenvalue weighted by Crippen LogP contribution is -2.18. The third kappa shape index (κ3) is 2.90. The zero-order valence-corrected chi connectivity index (χ0v) is 16.2. The number of rotatable bonds is 4. The Bertz CT molecular complexity index is 1200. The van der Waals surface area contributed by atoms with Crippen LogP contribution in [0.25, 0.3) is 0 Å². The van der Waals surface area contributed by atoms with E-state index in [1.165, 1.54) is 23.8 Å². The van der Waals surface area contributed by atoms with Crippen molar-refractivity contribution in [2.24, 2.45) is 5.92 Å². The molecule has 0 aromatic heterocycles. The van der Waals surface area contributed by atoms with E-state index in [0.29, 0.717) is 12.0 Å². The Balaban J connectivity index is 1.40. The van der Waals surface area contributed by atoms with Gasteiger partial charge in [0.2, 0.25) is 0 Å². The molecule has 5 rings (SSSR count). The molecule has 1 heterocycles. The summed E-state index contributed by atoms with van der Waals surface area (Å²) in [4.78, 5) is 39.1. The van der Waals surface area contributed by atoms with Gasteiger partial charge in [0.05, 0.1) is 11.5 Å². The minimum atomic E-state index is -1.11. The number of fused-ring (bicyclic) bond motifs is 2. The zero-order valence-electron chi connectivity index (χ0n) is 16.2. The summed E-state index contributed by atoms with van der Waals surface area (Å²) >= 11 is 0. The van der Waals surface area contributed by atoms with Gasteiger partial charge in [0.1, 0.15) is 0 Å². The van der Waals surface area contributed by atoms with Gasteiger partial charge in [0.25, 0.3) is 0 Å². The lowest BCUT2D eigenvalue weighted by molar-refractivity contribution is 0.0696. The number of carboxylic acid groups (broad SMARTS) is 1. The van der Waals surface area contributed by atoms with Crippen molar-refractivity contribution in [2.45, 2.75) is 12.8 Å². The monoisotopic (exact) mass is 397 g/mol. The second-order valence-corrected chi connectivity index (χ2v) is 7.75. The Hall–Kier alpha value is -3.73. The SMILES string of the molecule is O=C(O)c1ccc2c(c1)C(=O)C(Cc1ccc3c(c1)CCN3c1ccccc1)C2=O. The fourth-order valence-electron chi connectivity index (χ4n) is 4.47. The largest absolute Gasteiger partial charge is 0.478 e. The van der Waals surface area contributed by atoms with Gasteiger partial charge in [-0.05, 0) is 60.4 Å². The molecule has 3 aromatic rings. The van der Waals surface area contributed by atoms with E-state index in [2.05, 4.69) is 29.2 Å². The van der Waals surface area contributed by atoms with Crippen molar-refractivity contribution in [1.82, 2.24) is 0 Å². The summed E-state index contributed by atoms with van der Waals surface area (Å²) in [7, 11) is 0. The van der Waals surface area contributed by atoms with Crippen LogP contribution in [0.5, 0.6) is 0 Å². The first kappa shape index (κ1) is 18.3. The summed E-state index contributed by atoms with van der Waals surface area (Å²) in [5.41, 5.74) is 5.03. The lowest BCUT2D eigenvalue weighted by atomic mass is 9.93. The predicted molar refractivity (Wildman–Crippen MR) is 113 cm³/mol. The van der Waals surface area contributed by atoms with Gasteiger partial charge in [-0.2, -0.15) is 0 Å². The number of carbonyl (C=O) groups is 3. The molecule has 1 aliphatic heterocycles. The van der Waals surface area contributed by atoms with Gasteiger partial charge in [-0.1, -0.05) is 30.3 Å². The van der Waals surface area contributed by atoms with Crippen LogP contribution in [0.4, 0.5) is 11.4 Å². The molecule has 0 saturated heterocycles. The Morgan fingerprint density at radius 1 is 0.933 bits per heavy atom. The predicted octanol–water partition coefficient (Wildman–Crippen LogP) is 4.32. The maximum Gasteiger partial charge on any atom is 0.335 e. The van der Waals surface area contributed by atoms with Gasteiger partial charge < -0.3 is 10.0 Å². The van der Waals surface area contributed by atoms with Gasteiger partial charge in [0.15, 0.2) is 11.6 Å². The lowest BCUT2D eigenvalue weighted by Gasteiger charge is -2.19. The number of aromatic carboxylic acids is 1. The number of Topliss-reactive ketones (excluding diaryl/α,β-unsaturated/α-hetero) is 2. The summed E-state index contributed by atoms with van der Waals surface area (Å²) in [6.45, 7) is 0.896. The first-order chi connectivity index (χ1) is 14.5. The highest BCUT2D eigenvalue weighted by Crippen LogP contribution is 2.36. The number of hydrogen-bond acceptors (Lipinski definition) is 4. The smallest absolute Gasteiger partial charge is 0.335 e. The zero-order chi connectivity index (χ0) is 20.8. The first-order valence-electron chi connectivity index (χ1n) is 9.93. The molecule has 5 nitrogen and oxygen atoms in total. The highest BCUT2D eigenvalue weighted by Gasteiger charge is 2.39. The van der Waals surface area contributed by atoms with Gasteiger partial charge in [-0.25, -0.2) is 4.79 Å². The van der Waals surface area contributed by atoms with Gasteiger partial charge in [-0.15, -0.1) is 0 Å². The molecule has 148 valence electrons. The van der Waals surface area contributed by atoms with Crippen LogP contribution in [-0.2, 0) is 12.8 Å². The third-order valence-corrected chi connectivity index (χ3v) is 5.98. The summed E-state index contributed by atoms with van der Waals surface area (Å²) in [6, 6.07) is 20.5. The van der Waals surface area contributed by atoms with Crippen LogP contribution in [0, 0.1) is 5.92 Å². The van der Waals surface area contributed by atoms with Crippen molar-refractivity contribution < 1.29 is 19.5 Å². The summed E-state index contributed by atoms with van der Waals surface area (Å²) in [5.74, 6) is -2.40. The molecule has 0 radical (unpaired) electrons. The number of para-hydroxylation sites is 1. The normalized spacial score (nSPS) is 17.2. The number of hydrogen-bond donors (Lipinski definition) is 1. The van der Waals surface area contributed by atoms with E-state index in [9.17, 15) is 14.4 Å². The molecule has 1 unspecified atom stereocenters. The van der Waals surface area contributed by atoms with Crippen molar-refractivity contribution >= 4 is 28.9 Å². The Kier molecular flexibility index (Phi) is 4.24. The molecular formula is C25H19NO4. The molecule has 0 amide bonds. The molecular weight excluding hydrogens is 378 g/mol. The standard InChI is InChI=1S/C25H19NO4/c27-23-19-8-7-17(25(29)30)14-20(19)24(28)21(23)13-15-6-9-22-16(12-15)10-11-26(22)18-4-2-1-3-5-18/h1-9,12,14,21H,10-11,13H2,(H,29,30). The van der Waals surface area contributed by atoms with Crippen LogP contribution >= 0.6 is 0 Å². The molecule has 0 spiro atoms. The Labute approximate surface area is 173 Å². The van der Waals surface area contributed by atoms with Crippen LogP contribution in [0.3, 0.4) is 0 Å². The van der Waals surface area contributed by atoms with E-state index < -0.39 is 11.9 Å². The Morgan fingerprint density at radius 2 is 1.70 bits per heavy atom. The van der Waals surface area contributed by atoms with Gasteiger partial charge in [-0.3, -0.25) is 9.59 Å². The van der Waals surface area contributed by atoms with E-state index in [0.717, 1.165) is 29.9 Å². The van der Waals surface area contributed by atoms with E-state index in [1.807, 2.05) is 24.3 Å². The number of ketones is 2. The van der Waals surface area contributed by atoms with Gasteiger partial charge in [0, 0.05) is 29.0 Å². The molecule has 1 N–H and O–H groups in total. The fourth-order valence-corrected chi connectivity index (χ4v) is 4.47. The number of anilines is 2. The van der Waals surface area contributed by atoms with Crippen LogP contribution in [0.1, 0.15) is 42.2 Å². The van der Waals surface area contributed by atoms with Crippen molar-refractivity contribution in [3.05, 3.63) is 94.5 Å². The van der Waals surface area contributed by atoms with E-state index in [1.54, 1.807) is 0 Å². The van der Waals surface area contributed by atoms with Crippen LogP contribution in [-0.4, -0.2) is 29.2 Å². The number of carbonyl (C=O) groups excluding carboxylic acids is 2. The van der Waals surface area contributed by atoms with Crippen molar-refractivity contribution in [1.29, 1.82) is 0 Å². The van der Waals surface area contributed by atoms with E-state index in [-0.39, 0.29) is 22.7 Å². The molecule has 30 heavy (non-hydrogen) atoms. The molecule has 0 saturated carbocycles. The Morgan fingerprint density at radius 3 is 2.47 bits per heavy atom. The molecule has 0 bridgehead atoms. The summed E-state index contributed by atoms with van der Waals surface area (Å²) in [6.07, 6.45) is 1.24. The molecule has 2 aliphatic rings. The molecule has 1 atom stereocenters. The average Bonchev–Trinajstić information content (AvgIpc) is 3.29. The number of carboxylic acids is 1. The molecule has 5 heteroatoms. The van der Waals surface area contributed by atoms with Crippen molar-refractivity contribution in [3.8, 4) is 0 Å². The van der Waals surface area contributed by atoms with E-state index >= 15 is 0 Å². The second-order valence-electron chi connectivity index (χ2n) is 7.75. The topological polar surface area (TPSA) is 74.7 Å². The number of benzene rings is 3. The minimum Gasteiger partial charge on any atom is -0.478 e. The van der Waals surface area contributed by atoms with Gasteiger partial charge >= 0.3 is 5.97 Å². The third-order valence-electron chi connectivity index (χ3n) is 5.98. The van der Waals surface area contributed by atoms with E-state index in [4.69, 9.17) is 5.11 Å². The fraction of sp³-hybridized carbons (Fsp3) is 0.160. The maximum absolute atomic E-state index is 12.8. The highest BCUT2D eigenvalue weighted by molar-refractivity contribution is 6.27. The minimum absolute atomic E-state index is 0.0223. The maximum atomic E-state index is 12.8.